The third-order valence-electron chi connectivity index (χ3n) is 8.10. The van der Waals surface area contributed by atoms with Gasteiger partial charge in [0.05, 0.1) is 23.4 Å². The number of halogens is 1. The highest BCUT2D eigenvalue weighted by atomic mass is 35.5. The largest absolute Gasteiger partial charge is 0.495 e. The maximum absolute atomic E-state index is 6.36. The van der Waals surface area contributed by atoms with Crippen LogP contribution < -0.4 is 9.64 Å². The molecule has 0 spiro atoms. The Balaban J connectivity index is 1.44. The quantitative estimate of drug-likeness (QED) is 0.233. The monoisotopic (exact) mass is 552 g/mol. The average molecular weight is 553 g/mol. The molecule has 2 unspecified atom stereocenters. The number of ether oxygens (including phenoxy) is 1. The maximum Gasteiger partial charge on any atom is 0.164 e. The summed E-state index contributed by atoms with van der Waals surface area (Å²) in [4.78, 5) is 14.0. The number of fused-ring (bicyclic) bond motifs is 1. The predicted molar refractivity (Wildman–Crippen MR) is 162 cm³/mol. The zero-order valence-electron chi connectivity index (χ0n) is 23.3. The van der Waals surface area contributed by atoms with E-state index in [-0.39, 0.29) is 0 Å². The molecule has 5 aromatic rings. The van der Waals surface area contributed by atoms with E-state index in [1.54, 1.807) is 19.5 Å². The molecule has 1 aliphatic heterocycles. The van der Waals surface area contributed by atoms with Crippen LogP contribution in [0.5, 0.6) is 5.75 Å². The lowest BCUT2D eigenvalue weighted by atomic mass is 10.0. The number of nitrogens with zero attached hydrogens (tertiary/aromatic N) is 6. The van der Waals surface area contributed by atoms with Gasteiger partial charge in [-0.3, -0.25) is 9.88 Å². The molecule has 0 aliphatic carbocycles. The van der Waals surface area contributed by atoms with Gasteiger partial charge in [-0.05, 0) is 68.4 Å². The van der Waals surface area contributed by atoms with E-state index < -0.39 is 0 Å². The van der Waals surface area contributed by atoms with Gasteiger partial charge in [0.15, 0.2) is 5.65 Å². The SMILES string of the molecule is CCC1CN(c2ccc(-c3ccnc4c(-c5ccc(Cl)c(OC)c5)c(-c5ccncc5)nn34)cc2)CC(C)N1C. The third kappa shape index (κ3) is 4.69. The summed E-state index contributed by atoms with van der Waals surface area (Å²) in [6.07, 6.45) is 6.55. The number of pyridine rings is 1. The summed E-state index contributed by atoms with van der Waals surface area (Å²) in [7, 11) is 3.86. The first-order valence-corrected chi connectivity index (χ1v) is 14.1. The van der Waals surface area contributed by atoms with Crippen molar-refractivity contribution in [2.45, 2.75) is 32.4 Å². The molecule has 2 atom stereocenters. The lowest BCUT2D eigenvalue weighted by Crippen LogP contribution is -2.56. The van der Waals surface area contributed by atoms with E-state index in [9.17, 15) is 0 Å². The van der Waals surface area contributed by atoms with E-state index in [0.717, 1.165) is 58.8 Å². The molecular formula is C32H33ClN6O. The van der Waals surface area contributed by atoms with Crippen molar-refractivity contribution in [1.29, 1.82) is 0 Å². The third-order valence-corrected chi connectivity index (χ3v) is 8.41. The zero-order chi connectivity index (χ0) is 27.8. The van der Waals surface area contributed by atoms with Crippen LogP contribution in [0.25, 0.3) is 39.3 Å². The Kier molecular flexibility index (Phi) is 7.17. The molecule has 1 aliphatic rings. The van der Waals surface area contributed by atoms with E-state index >= 15 is 0 Å². The van der Waals surface area contributed by atoms with Gasteiger partial charge in [-0.25, -0.2) is 9.50 Å². The van der Waals surface area contributed by atoms with Crippen LogP contribution in [0.15, 0.2) is 79.3 Å². The fraction of sp³-hybridized carbons (Fsp3) is 0.281. The molecule has 4 heterocycles. The Hall–Kier alpha value is -3.94. The van der Waals surface area contributed by atoms with E-state index in [0.29, 0.717) is 22.9 Å². The highest BCUT2D eigenvalue weighted by molar-refractivity contribution is 6.32. The highest BCUT2D eigenvalue weighted by Gasteiger charge is 2.28. The summed E-state index contributed by atoms with van der Waals surface area (Å²) in [5, 5.41) is 5.66. The van der Waals surface area contributed by atoms with E-state index in [1.165, 1.54) is 5.69 Å². The first-order chi connectivity index (χ1) is 19.5. The van der Waals surface area contributed by atoms with Gasteiger partial charge in [-0.2, -0.15) is 5.10 Å². The summed E-state index contributed by atoms with van der Waals surface area (Å²) < 4.78 is 7.46. The van der Waals surface area contributed by atoms with Gasteiger partial charge in [0, 0.05) is 60.6 Å². The normalized spacial score (nSPS) is 17.9. The molecule has 0 amide bonds. The van der Waals surface area contributed by atoms with Crippen LogP contribution in [0, 0.1) is 0 Å². The van der Waals surface area contributed by atoms with Crippen LogP contribution in [0.4, 0.5) is 5.69 Å². The van der Waals surface area contributed by atoms with Crippen molar-refractivity contribution in [2.24, 2.45) is 0 Å². The van der Waals surface area contributed by atoms with E-state index in [1.807, 2.05) is 47.1 Å². The summed E-state index contributed by atoms with van der Waals surface area (Å²) in [5.41, 5.74) is 7.68. The van der Waals surface area contributed by atoms with Gasteiger partial charge in [0.2, 0.25) is 0 Å². The molecule has 1 saturated heterocycles. The molecule has 40 heavy (non-hydrogen) atoms. The minimum Gasteiger partial charge on any atom is -0.495 e. The number of aromatic nitrogens is 4. The number of benzene rings is 2. The van der Waals surface area contributed by atoms with Crippen molar-refractivity contribution >= 4 is 22.9 Å². The van der Waals surface area contributed by atoms with Gasteiger partial charge in [-0.1, -0.05) is 36.7 Å². The van der Waals surface area contributed by atoms with Gasteiger partial charge in [-0.15, -0.1) is 0 Å². The molecule has 0 radical (unpaired) electrons. The first kappa shape index (κ1) is 26.3. The van der Waals surface area contributed by atoms with Crippen LogP contribution in [-0.2, 0) is 0 Å². The summed E-state index contributed by atoms with van der Waals surface area (Å²) in [6.45, 7) is 6.64. The van der Waals surface area contributed by atoms with Crippen LogP contribution in [0.2, 0.25) is 5.02 Å². The lowest BCUT2D eigenvalue weighted by molar-refractivity contribution is 0.154. The molecule has 0 bridgehead atoms. The Morgan fingerprint density at radius 1 is 0.925 bits per heavy atom. The average Bonchev–Trinajstić information content (AvgIpc) is 3.39. The predicted octanol–water partition coefficient (Wildman–Crippen LogP) is 6.71. The second-order valence-corrected chi connectivity index (χ2v) is 10.8. The minimum absolute atomic E-state index is 0.513. The smallest absolute Gasteiger partial charge is 0.164 e. The van der Waals surface area contributed by atoms with Gasteiger partial charge in [0.25, 0.3) is 0 Å². The molecule has 6 rings (SSSR count). The lowest BCUT2D eigenvalue weighted by Gasteiger charge is -2.44. The number of hydrogen-bond acceptors (Lipinski definition) is 6. The maximum atomic E-state index is 6.36. The highest BCUT2D eigenvalue weighted by Crippen LogP contribution is 2.39. The molecule has 8 heteroatoms. The molecule has 0 saturated carbocycles. The standard InChI is InChI=1S/C32H33ClN6O/c1-5-25-20-38(19-21(2)37(25)3)26-9-6-22(7-10-26)28-14-17-35-32-30(24-8-11-27(33)29(18-24)40-4)31(36-39(28)32)23-12-15-34-16-13-23/h6-18,21,25H,5,19-20H2,1-4H3. The van der Waals surface area contributed by atoms with Crippen LogP contribution >= 0.6 is 11.6 Å². The Bertz CT molecular complexity index is 1640. The second kappa shape index (κ2) is 10.9. The summed E-state index contributed by atoms with van der Waals surface area (Å²) in [5.74, 6) is 0.606. The first-order valence-electron chi connectivity index (χ1n) is 13.7. The topological polar surface area (TPSA) is 58.8 Å². The molecule has 2 aromatic carbocycles. The molecule has 204 valence electrons. The number of piperazine rings is 1. The number of rotatable bonds is 6. The summed E-state index contributed by atoms with van der Waals surface area (Å²) in [6, 6.07) is 21.6. The number of likely N-dealkylation sites (N-methyl/N-ethyl adjacent to an activating group) is 1. The zero-order valence-corrected chi connectivity index (χ0v) is 24.0. The Morgan fingerprint density at radius 3 is 2.40 bits per heavy atom. The van der Waals surface area contributed by atoms with Crippen LogP contribution in [0.3, 0.4) is 0 Å². The molecular weight excluding hydrogens is 520 g/mol. The van der Waals surface area contributed by atoms with Crippen LogP contribution in [0.1, 0.15) is 20.3 Å². The van der Waals surface area contributed by atoms with Crippen molar-refractivity contribution in [3.63, 3.8) is 0 Å². The minimum atomic E-state index is 0.513. The second-order valence-electron chi connectivity index (χ2n) is 10.4. The van der Waals surface area contributed by atoms with E-state index in [4.69, 9.17) is 26.4 Å². The van der Waals surface area contributed by atoms with Gasteiger partial charge < -0.3 is 9.64 Å². The fourth-order valence-electron chi connectivity index (χ4n) is 5.69. The number of anilines is 1. The molecule has 3 aromatic heterocycles. The van der Waals surface area contributed by atoms with Gasteiger partial charge in [0.1, 0.15) is 11.4 Å². The molecule has 0 N–H and O–H groups in total. The van der Waals surface area contributed by atoms with Crippen molar-refractivity contribution in [1.82, 2.24) is 24.5 Å². The number of methoxy groups -OCH3 is 1. The van der Waals surface area contributed by atoms with Crippen molar-refractivity contribution in [2.75, 3.05) is 32.1 Å². The summed E-state index contributed by atoms with van der Waals surface area (Å²) >= 11 is 6.36. The van der Waals surface area contributed by atoms with Gasteiger partial charge >= 0.3 is 0 Å². The molecule has 1 fully saturated rings. The van der Waals surface area contributed by atoms with Crippen molar-refractivity contribution < 1.29 is 4.74 Å². The fourth-order valence-corrected chi connectivity index (χ4v) is 5.89. The van der Waals surface area contributed by atoms with Crippen molar-refractivity contribution in [3.8, 4) is 39.4 Å². The Labute approximate surface area is 240 Å². The van der Waals surface area contributed by atoms with E-state index in [2.05, 4.69) is 59.9 Å². The van der Waals surface area contributed by atoms with Crippen LogP contribution in [-0.4, -0.2) is 63.8 Å². The molecule has 7 nitrogen and oxygen atoms in total. The Morgan fingerprint density at radius 2 is 1.68 bits per heavy atom. The number of hydrogen-bond donors (Lipinski definition) is 0. The van der Waals surface area contributed by atoms with Crippen molar-refractivity contribution in [3.05, 3.63) is 84.3 Å².